The fraction of sp³-hybridized carbons (Fsp3) is 0.286. The quantitative estimate of drug-likeness (QED) is 0.751. The third-order valence-electron chi connectivity index (χ3n) is 2.47. The number of ether oxygens (including phenoxy) is 1. The van der Waals surface area contributed by atoms with Crippen LogP contribution < -0.4 is 4.74 Å². The first-order valence-electron chi connectivity index (χ1n) is 5.59. The number of pyridine rings is 1. The van der Waals surface area contributed by atoms with Crippen LogP contribution in [0.2, 0.25) is 0 Å². The Labute approximate surface area is 102 Å². The number of methoxy groups -OCH3 is 1. The fourth-order valence-electron chi connectivity index (χ4n) is 1.55. The maximum Gasteiger partial charge on any atom is 0.121 e. The van der Waals surface area contributed by atoms with Gasteiger partial charge in [-0.2, -0.15) is 5.26 Å². The molecule has 1 aromatic carbocycles. The molecule has 0 fully saturated rings. The van der Waals surface area contributed by atoms with Crippen LogP contribution in [-0.4, -0.2) is 12.1 Å². The van der Waals surface area contributed by atoms with Crippen molar-refractivity contribution in [3.63, 3.8) is 0 Å². The molecule has 0 N–H and O–H groups in total. The van der Waals surface area contributed by atoms with Gasteiger partial charge in [-0.25, -0.2) is 0 Å². The van der Waals surface area contributed by atoms with Gasteiger partial charge >= 0.3 is 0 Å². The minimum Gasteiger partial charge on any atom is -0.497 e. The highest BCUT2D eigenvalue weighted by atomic mass is 16.5. The van der Waals surface area contributed by atoms with Gasteiger partial charge in [0.25, 0.3) is 0 Å². The van der Waals surface area contributed by atoms with E-state index < -0.39 is 0 Å². The molecule has 17 heavy (non-hydrogen) atoms. The van der Waals surface area contributed by atoms with Crippen molar-refractivity contribution >= 4 is 10.9 Å². The molecule has 0 saturated carbocycles. The average molecular weight is 228 g/mol. The molecule has 3 nitrogen and oxygen atoms in total. The Balaban J connectivity index is 0.000000686. The lowest BCUT2D eigenvalue weighted by Gasteiger charge is -2.05. The predicted octanol–water partition coefficient (Wildman–Crippen LogP) is 3.45. The summed E-state index contributed by atoms with van der Waals surface area (Å²) in [5.74, 6) is 0.777. The number of benzene rings is 1. The summed E-state index contributed by atoms with van der Waals surface area (Å²) in [5.41, 5.74) is 2.43. The van der Waals surface area contributed by atoms with Crippen LogP contribution in [0.4, 0.5) is 0 Å². The number of aryl methyl sites for hydroxylation is 1. The summed E-state index contributed by atoms with van der Waals surface area (Å²) in [6, 6.07) is 7.79. The van der Waals surface area contributed by atoms with E-state index in [2.05, 4.69) is 11.1 Å². The molecule has 3 heteroatoms. The molecule has 0 amide bonds. The molecule has 0 atom stereocenters. The topological polar surface area (TPSA) is 45.9 Å². The summed E-state index contributed by atoms with van der Waals surface area (Å²) in [7, 11) is 1.62. The zero-order chi connectivity index (χ0) is 12.8. The van der Waals surface area contributed by atoms with Crippen molar-refractivity contribution in [3.8, 4) is 11.8 Å². The highest BCUT2D eigenvalue weighted by molar-refractivity contribution is 5.84. The van der Waals surface area contributed by atoms with E-state index in [4.69, 9.17) is 10.00 Å². The van der Waals surface area contributed by atoms with Gasteiger partial charge < -0.3 is 4.74 Å². The van der Waals surface area contributed by atoms with Crippen molar-refractivity contribution in [2.75, 3.05) is 7.11 Å². The molecule has 0 aliphatic heterocycles. The Morgan fingerprint density at radius 2 is 2.00 bits per heavy atom. The summed E-state index contributed by atoms with van der Waals surface area (Å²) in [6.07, 6.45) is 1.59. The van der Waals surface area contributed by atoms with Crippen molar-refractivity contribution < 1.29 is 4.74 Å². The average Bonchev–Trinajstić information content (AvgIpc) is 2.41. The first-order chi connectivity index (χ1) is 8.26. The minimum atomic E-state index is 0.618. The summed E-state index contributed by atoms with van der Waals surface area (Å²) < 4.78 is 5.11. The molecule has 88 valence electrons. The molecule has 0 unspecified atom stereocenters. The Bertz CT molecular complexity index is 556. The second-order valence-electron chi connectivity index (χ2n) is 3.29. The molecule has 2 aromatic rings. The van der Waals surface area contributed by atoms with Crippen molar-refractivity contribution in [2.24, 2.45) is 0 Å². The zero-order valence-electron chi connectivity index (χ0n) is 10.6. The Hall–Kier alpha value is -2.08. The molecular formula is C14H16N2O. The van der Waals surface area contributed by atoms with Crippen LogP contribution in [0.25, 0.3) is 10.9 Å². The second kappa shape index (κ2) is 5.86. The predicted molar refractivity (Wildman–Crippen MR) is 69.1 cm³/mol. The number of aromatic nitrogens is 1. The number of nitrogens with zero attached hydrogens (tertiary/aromatic N) is 2. The van der Waals surface area contributed by atoms with Crippen molar-refractivity contribution in [1.82, 2.24) is 4.98 Å². The van der Waals surface area contributed by atoms with Crippen LogP contribution in [0.15, 0.2) is 24.4 Å². The van der Waals surface area contributed by atoms with Crippen LogP contribution in [0.3, 0.4) is 0 Å². The first-order valence-corrected chi connectivity index (χ1v) is 5.59. The molecule has 0 spiro atoms. The second-order valence-corrected chi connectivity index (χ2v) is 3.29. The number of nitriles is 1. The van der Waals surface area contributed by atoms with Crippen molar-refractivity contribution in [3.05, 3.63) is 35.5 Å². The molecule has 1 aromatic heterocycles. The molecule has 0 aliphatic rings. The van der Waals surface area contributed by atoms with Crippen LogP contribution in [0, 0.1) is 18.3 Å². The van der Waals surface area contributed by atoms with E-state index in [1.807, 2.05) is 39.0 Å². The number of fused-ring (bicyclic) bond motifs is 1. The van der Waals surface area contributed by atoms with Crippen LogP contribution in [0.5, 0.6) is 5.75 Å². The van der Waals surface area contributed by atoms with E-state index in [1.165, 1.54) is 0 Å². The summed E-state index contributed by atoms with van der Waals surface area (Å²) in [6.45, 7) is 5.93. The van der Waals surface area contributed by atoms with Crippen molar-refractivity contribution in [2.45, 2.75) is 20.8 Å². The maximum atomic E-state index is 8.86. The molecule has 2 rings (SSSR count). The number of hydrogen-bond acceptors (Lipinski definition) is 3. The van der Waals surface area contributed by atoms with Crippen LogP contribution in [0.1, 0.15) is 25.0 Å². The Morgan fingerprint density at radius 3 is 2.59 bits per heavy atom. The summed E-state index contributed by atoms with van der Waals surface area (Å²) in [5, 5.41) is 9.86. The zero-order valence-corrected chi connectivity index (χ0v) is 10.6. The van der Waals surface area contributed by atoms with E-state index in [0.29, 0.717) is 5.56 Å². The molecule has 0 saturated heterocycles. The van der Waals surface area contributed by atoms with Gasteiger partial charge in [0.15, 0.2) is 0 Å². The number of rotatable bonds is 1. The maximum absolute atomic E-state index is 8.86. The van der Waals surface area contributed by atoms with Crippen LogP contribution >= 0.6 is 0 Å². The lowest BCUT2D eigenvalue weighted by molar-refractivity contribution is 0.415. The molecular weight excluding hydrogens is 212 g/mol. The van der Waals surface area contributed by atoms with Gasteiger partial charge in [-0.15, -0.1) is 0 Å². The monoisotopic (exact) mass is 228 g/mol. The normalized spacial score (nSPS) is 9.12. The van der Waals surface area contributed by atoms with E-state index >= 15 is 0 Å². The highest BCUT2D eigenvalue weighted by Gasteiger charge is 2.04. The molecule has 1 heterocycles. The first kappa shape index (κ1) is 13.0. The lowest BCUT2D eigenvalue weighted by Crippen LogP contribution is -1.90. The largest absolute Gasteiger partial charge is 0.497 e. The highest BCUT2D eigenvalue weighted by Crippen LogP contribution is 2.23. The van der Waals surface area contributed by atoms with E-state index in [1.54, 1.807) is 13.3 Å². The van der Waals surface area contributed by atoms with E-state index in [-0.39, 0.29) is 0 Å². The molecule has 0 radical (unpaired) electrons. The third kappa shape index (κ3) is 2.54. The van der Waals surface area contributed by atoms with Crippen LogP contribution in [-0.2, 0) is 0 Å². The Kier molecular flexibility index (Phi) is 4.47. The van der Waals surface area contributed by atoms with E-state index in [0.717, 1.165) is 22.2 Å². The smallest absolute Gasteiger partial charge is 0.121 e. The van der Waals surface area contributed by atoms with Gasteiger partial charge in [0, 0.05) is 17.6 Å². The Morgan fingerprint density at radius 1 is 1.29 bits per heavy atom. The summed E-state index contributed by atoms with van der Waals surface area (Å²) in [4.78, 5) is 4.22. The number of hydrogen-bond donors (Lipinski definition) is 0. The van der Waals surface area contributed by atoms with Gasteiger partial charge in [0.2, 0.25) is 0 Å². The SMILES string of the molecule is CC.COc1ccc2c(C)c(C#N)cnc2c1. The van der Waals surface area contributed by atoms with E-state index in [9.17, 15) is 0 Å². The van der Waals surface area contributed by atoms with Gasteiger partial charge in [0.1, 0.15) is 11.8 Å². The minimum absolute atomic E-state index is 0.618. The van der Waals surface area contributed by atoms with Gasteiger partial charge in [-0.3, -0.25) is 4.98 Å². The van der Waals surface area contributed by atoms with Gasteiger partial charge in [-0.1, -0.05) is 13.8 Å². The fourth-order valence-corrected chi connectivity index (χ4v) is 1.55. The van der Waals surface area contributed by atoms with Gasteiger partial charge in [-0.05, 0) is 24.6 Å². The van der Waals surface area contributed by atoms with Crippen molar-refractivity contribution in [1.29, 1.82) is 5.26 Å². The van der Waals surface area contributed by atoms with Gasteiger partial charge in [0.05, 0.1) is 18.2 Å². The molecule has 0 aliphatic carbocycles. The lowest BCUT2D eigenvalue weighted by atomic mass is 10.1. The standard InChI is InChI=1S/C12H10N2O.C2H6/c1-8-9(6-13)7-14-12-5-10(15-2)3-4-11(8)12;1-2/h3-5,7H,1-2H3;1-2H3. The molecule has 0 bridgehead atoms. The summed E-state index contributed by atoms with van der Waals surface area (Å²) >= 11 is 0. The third-order valence-corrected chi connectivity index (χ3v) is 2.47.